The van der Waals surface area contributed by atoms with Gasteiger partial charge < -0.3 is 5.41 Å². The van der Waals surface area contributed by atoms with Crippen LogP contribution in [0.3, 0.4) is 0 Å². The van der Waals surface area contributed by atoms with E-state index < -0.39 is 0 Å². The number of nitrogens with one attached hydrogen (secondary N) is 1. The van der Waals surface area contributed by atoms with Crippen LogP contribution in [0.5, 0.6) is 0 Å². The lowest BCUT2D eigenvalue weighted by Crippen LogP contribution is -1.88. The van der Waals surface area contributed by atoms with Crippen LogP contribution in [0.1, 0.15) is 20.8 Å². The molecule has 0 aliphatic carbocycles. The molecule has 0 rings (SSSR count). The van der Waals surface area contributed by atoms with Gasteiger partial charge in [0.2, 0.25) is 0 Å². The highest BCUT2D eigenvalue weighted by Gasteiger charge is 1.95. The Hall–Kier alpha value is -1.11. The fraction of sp³-hybridized carbons (Fsp3) is 0.364. The van der Waals surface area contributed by atoms with Gasteiger partial charge >= 0.3 is 0 Å². The van der Waals surface area contributed by atoms with E-state index in [0.717, 1.165) is 0 Å². The third-order valence-electron chi connectivity index (χ3n) is 1.52. The van der Waals surface area contributed by atoms with E-state index in [4.69, 9.17) is 5.41 Å². The normalized spacial score (nSPS) is 13.5. The summed E-state index contributed by atoms with van der Waals surface area (Å²) in [6.45, 7) is 6.32. The Labute approximate surface area is 75.0 Å². The molecule has 0 amide bonds. The molecular formula is C11H17N. The lowest BCUT2D eigenvalue weighted by atomic mass is 10.0. The number of rotatable bonds is 4. The number of hydrogen-bond acceptors (Lipinski definition) is 1. The zero-order chi connectivity index (χ0) is 9.40. The van der Waals surface area contributed by atoms with Crippen LogP contribution in [-0.4, -0.2) is 6.21 Å². The van der Waals surface area contributed by atoms with Crippen molar-refractivity contribution in [3.63, 3.8) is 0 Å². The van der Waals surface area contributed by atoms with Crippen LogP contribution in [-0.2, 0) is 0 Å². The largest absolute Gasteiger partial charge is 0.309 e. The monoisotopic (exact) mass is 163 g/mol. The van der Waals surface area contributed by atoms with Gasteiger partial charge in [-0.25, -0.2) is 0 Å². The average molecular weight is 163 g/mol. The van der Waals surface area contributed by atoms with Crippen LogP contribution in [0.25, 0.3) is 0 Å². The van der Waals surface area contributed by atoms with Gasteiger partial charge in [0, 0.05) is 6.21 Å². The van der Waals surface area contributed by atoms with Gasteiger partial charge in [-0.1, -0.05) is 38.2 Å². The van der Waals surface area contributed by atoms with Gasteiger partial charge in [0.1, 0.15) is 0 Å². The average Bonchev–Trinajstić information content (AvgIpc) is 2.03. The van der Waals surface area contributed by atoms with Crippen LogP contribution in [0.2, 0.25) is 0 Å². The third-order valence-corrected chi connectivity index (χ3v) is 1.52. The van der Waals surface area contributed by atoms with E-state index in [1.165, 1.54) is 11.8 Å². The Bertz CT molecular complexity index is 207. The minimum absolute atomic E-state index is 0.539. The molecule has 0 aromatic rings. The fourth-order valence-corrected chi connectivity index (χ4v) is 0.855. The second-order valence-corrected chi connectivity index (χ2v) is 2.87. The van der Waals surface area contributed by atoms with Gasteiger partial charge in [-0.05, 0) is 24.5 Å². The maximum atomic E-state index is 6.80. The lowest BCUT2D eigenvalue weighted by Gasteiger charge is -2.03. The number of allylic oxidation sites excluding steroid dienone is 6. The molecule has 0 saturated heterocycles. The van der Waals surface area contributed by atoms with Gasteiger partial charge in [-0.2, -0.15) is 0 Å². The molecule has 66 valence electrons. The van der Waals surface area contributed by atoms with Gasteiger partial charge in [0.15, 0.2) is 0 Å². The topological polar surface area (TPSA) is 23.9 Å². The summed E-state index contributed by atoms with van der Waals surface area (Å²) in [4.78, 5) is 0. The SMILES string of the molecule is C/C=C\C(=C/C=CC=N)C(C)C. The Balaban J connectivity index is 4.38. The molecule has 0 unspecified atom stereocenters. The molecule has 0 atom stereocenters. The lowest BCUT2D eigenvalue weighted by molar-refractivity contribution is 0.791. The molecule has 1 nitrogen and oxygen atoms in total. The Morgan fingerprint density at radius 1 is 1.25 bits per heavy atom. The molecule has 12 heavy (non-hydrogen) atoms. The first-order valence-electron chi connectivity index (χ1n) is 4.22. The van der Waals surface area contributed by atoms with Crippen LogP contribution in [0.15, 0.2) is 36.0 Å². The summed E-state index contributed by atoms with van der Waals surface area (Å²) in [6.07, 6.45) is 11.1. The Morgan fingerprint density at radius 2 is 1.92 bits per heavy atom. The maximum absolute atomic E-state index is 6.80. The van der Waals surface area contributed by atoms with E-state index in [1.54, 1.807) is 6.08 Å². The second kappa shape index (κ2) is 6.59. The van der Waals surface area contributed by atoms with Crippen molar-refractivity contribution in [2.45, 2.75) is 20.8 Å². The first kappa shape index (κ1) is 10.9. The number of hydrogen-bond donors (Lipinski definition) is 1. The van der Waals surface area contributed by atoms with Crippen LogP contribution in [0.4, 0.5) is 0 Å². The van der Waals surface area contributed by atoms with Gasteiger partial charge in [0.25, 0.3) is 0 Å². The predicted molar refractivity (Wildman–Crippen MR) is 55.7 cm³/mol. The predicted octanol–water partition coefficient (Wildman–Crippen LogP) is 3.35. The zero-order valence-electron chi connectivity index (χ0n) is 8.04. The van der Waals surface area contributed by atoms with E-state index in [2.05, 4.69) is 19.9 Å². The van der Waals surface area contributed by atoms with Crippen LogP contribution in [0, 0.1) is 11.3 Å². The Kier molecular flexibility index (Phi) is 5.98. The first-order chi connectivity index (χ1) is 5.72. The summed E-state index contributed by atoms with van der Waals surface area (Å²) >= 11 is 0. The second-order valence-electron chi connectivity index (χ2n) is 2.87. The fourth-order valence-electron chi connectivity index (χ4n) is 0.855. The van der Waals surface area contributed by atoms with E-state index in [9.17, 15) is 0 Å². The highest BCUT2D eigenvalue weighted by molar-refractivity contribution is 5.68. The maximum Gasteiger partial charge on any atom is 0.0177 e. The van der Waals surface area contributed by atoms with Crippen molar-refractivity contribution in [2.75, 3.05) is 0 Å². The van der Waals surface area contributed by atoms with E-state index in [1.807, 2.05) is 25.2 Å². The molecule has 0 fully saturated rings. The summed E-state index contributed by atoms with van der Waals surface area (Å²) in [6, 6.07) is 0. The zero-order valence-corrected chi connectivity index (χ0v) is 8.04. The van der Waals surface area contributed by atoms with E-state index in [0.29, 0.717) is 5.92 Å². The molecule has 0 aliphatic heterocycles. The van der Waals surface area contributed by atoms with Crippen molar-refractivity contribution in [1.82, 2.24) is 0 Å². The smallest absolute Gasteiger partial charge is 0.0177 e. The highest BCUT2D eigenvalue weighted by Crippen LogP contribution is 2.10. The molecule has 0 bridgehead atoms. The molecule has 0 aromatic heterocycles. The van der Waals surface area contributed by atoms with Crippen molar-refractivity contribution in [3.05, 3.63) is 36.0 Å². The molecule has 0 heterocycles. The minimum Gasteiger partial charge on any atom is -0.309 e. The van der Waals surface area contributed by atoms with Crippen molar-refractivity contribution >= 4 is 6.21 Å². The molecule has 0 aliphatic rings. The minimum atomic E-state index is 0.539. The molecule has 1 N–H and O–H groups in total. The molecular weight excluding hydrogens is 146 g/mol. The van der Waals surface area contributed by atoms with Gasteiger partial charge in [-0.3, -0.25) is 0 Å². The van der Waals surface area contributed by atoms with Crippen LogP contribution < -0.4 is 0 Å². The summed E-state index contributed by atoms with van der Waals surface area (Å²) in [5.41, 5.74) is 1.29. The third kappa shape index (κ3) is 4.67. The first-order valence-corrected chi connectivity index (χ1v) is 4.22. The molecule has 0 saturated carbocycles. The highest BCUT2D eigenvalue weighted by atomic mass is 14.3. The summed E-state index contributed by atoms with van der Waals surface area (Å²) < 4.78 is 0. The van der Waals surface area contributed by atoms with Gasteiger partial charge in [-0.15, -0.1) is 0 Å². The molecule has 0 aromatic carbocycles. The molecule has 0 spiro atoms. The van der Waals surface area contributed by atoms with Crippen molar-refractivity contribution in [1.29, 1.82) is 5.41 Å². The van der Waals surface area contributed by atoms with E-state index in [-0.39, 0.29) is 0 Å². The summed E-state index contributed by atoms with van der Waals surface area (Å²) in [7, 11) is 0. The standard InChI is InChI=1S/C11H17N/c1-4-7-11(10(2)3)8-5-6-9-12/h4-10,12H,1-3H3/b6-5?,7-4-,11-8+,12-9?. The van der Waals surface area contributed by atoms with Crippen molar-refractivity contribution in [3.8, 4) is 0 Å². The van der Waals surface area contributed by atoms with Gasteiger partial charge in [0.05, 0.1) is 0 Å². The molecule has 0 radical (unpaired) electrons. The van der Waals surface area contributed by atoms with Crippen molar-refractivity contribution < 1.29 is 0 Å². The van der Waals surface area contributed by atoms with E-state index >= 15 is 0 Å². The van der Waals surface area contributed by atoms with Crippen LogP contribution >= 0.6 is 0 Å². The summed E-state index contributed by atoms with van der Waals surface area (Å²) in [5, 5.41) is 6.80. The molecule has 1 heteroatoms. The quantitative estimate of drug-likeness (QED) is 0.485. The summed E-state index contributed by atoms with van der Waals surface area (Å²) in [5.74, 6) is 0.539. The van der Waals surface area contributed by atoms with Crippen molar-refractivity contribution in [2.24, 2.45) is 5.92 Å². The Morgan fingerprint density at radius 3 is 2.33 bits per heavy atom.